The number of amides is 2. The summed E-state index contributed by atoms with van der Waals surface area (Å²) >= 11 is 0. The highest BCUT2D eigenvalue weighted by Gasteiger charge is 2.09. The Bertz CT molecular complexity index is 1000. The summed E-state index contributed by atoms with van der Waals surface area (Å²) in [7, 11) is 1.61. The van der Waals surface area contributed by atoms with Crippen LogP contribution in [0.25, 0.3) is 0 Å². The number of halogens is 1. The third kappa shape index (κ3) is 5.65. The van der Waals surface area contributed by atoms with Gasteiger partial charge in [0.15, 0.2) is 0 Å². The maximum atomic E-state index is 13.2. The number of rotatable bonds is 7. The van der Waals surface area contributed by atoms with E-state index in [9.17, 15) is 14.0 Å². The first-order valence-corrected chi connectivity index (χ1v) is 9.13. The zero-order valence-corrected chi connectivity index (χ0v) is 15.9. The minimum Gasteiger partial charge on any atom is -0.497 e. The lowest BCUT2D eigenvalue weighted by Crippen LogP contribution is -2.25. The zero-order chi connectivity index (χ0) is 20.6. The molecule has 0 heterocycles. The molecule has 0 bridgehead atoms. The van der Waals surface area contributed by atoms with Crippen molar-refractivity contribution in [3.63, 3.8) is 0 Å². The number of benzene rings is 3. The average molecular weight is 392 g/mol. The number of methoxy groups -OCH3 is 1. The van der Waals surface area contributed by atoms with Crippen molar-refractivity contribution in [2.24, 2.45) is 0 Å². The predicted molar refractivity (Wildman–Crippen MR) is 110 cm³/mol. The van der Waals surface area contributed by atoms with Crippen molar-refractivity contribution >= 4 is 17.5 Å². The smallest absolute Gasteiger partial charge is 0.255 e. The van der Waals surface area contributed by atoms with Crippen molar-refractivity contribution in [2.75, 3.05) is 19.0 Å². The molecule has 0 unspecified atom stereocenters. The van der Waals surface area contributed by atoms with Gasteiger partial charge in [-0.05, 0) is 66.6 Å². The number of nitrogens with one attached hydrogen (secondary N) is 2. The van der Waals surface area contributed by atoms with Gasteiger partial charge >= 0.3 is 0 Å². The maximum absolute atomic E-state index is 13.2. The lowest BCUT2D eigenvalue weighted by molar-refractivity contribution is 0.0952. The first-order valence-electron chi connectivity index (χ1n) is 9.13. The molecule has 148 valence electrons. The summed E-state index contributed by atoms with van der Waals surface area (Å²) in [6.45, 7) is 0.480. The van der Waals surface area contributed by atoms with Gasteiger partial charge in [-0.2, -0.15) is 0 Å². The Balaban J connectivity index is 1.53. The van der Waals surface area contributed by atoms with Gasteiger partial charge in [0.2, 0.25) is 0 Å². The number of hydrogen-bond donors (Lipinski definition) is 2. The second-order valence-electron chi connectivity index (χ2n) is 6.40. The first kappa shape index (κ1) is 20.1. The number of hydrogen-bond acceptors (Lipinski definition) is 3. The van der Waals surface area contributed by atoms with Crippen molar-refractivity contribution in [1.82, 2.24) is 5.32 Å². The monoisotopic (exact) mass is 392 g/mol. The van der Waals surface area contributed by atoms with Crippen LogP contribution in [0.3, 0.4) is 0 Å². The molecule has 0 radical (unpaired) electrons. The molecule has 3 aromatic carbocycles. The molecule has 0 spiro atoms. The molecule has 0 aliphatic carbocycles. The highest BCUT2D eigenvalue weighted by Crippen LogP contribution is 2.13. The fourth-order valence-corrected chi connectivity index (χ4v) is 2.79. The molecule has 29 heavy (non-hydrogen) atoms. The Hall–Kier alpha value is -3.67. The Morgan fingerprint density at radius 1 is 0.897 bits per heavy atom. The van der Waals surface area contributed by atoms with Crippen LogP contribution in [0.4, 0.5) is 10.1 Å². The van der Waals surface area contributed by atoms with Gasteiger partial charge in [-0.3, -0.25) is 9.59 Å². The van der Waals surface area contributed by atoms with Crippen molar-refractivity contribution < 1.29 is 18.7 Å². The van der Waals surface area contributed by atoms with Crippen LogP contribution in [0, 0.1) is 5.82 Å². The van der Waals surface area contributed by atoms with Gasteiger partial charge < -0.3 is 15.4 Å². The molecule has 5 nitrogen and oxygen atoms in total. The largest absolute Gasteiger partial charge is 0.497 e. The van der Waals surface area contributed by atoms with Gasteiger partial charge in [-0.1, -0.05) is 18.2 Å². The fraction of sp³-hybridized carbons (Fsp3) is 0.130. The van der Waals surface area contributed by atoms with E-state index in [1.807, 2.05) is 24.3 Å². The number of ether oxygens (including phenoxy) is 1. The second-order valence-corrected chi connectivity index (χ2v) is 6.40. The zero-order valence-electron chi connectivity index (χ0n) is 15.9. The van der Waals surface area contributed by atoms with E-state index in [1.54, 1.807) is 37.4 Å². The molecule has 2 N–H and O–H groups in total. The number of carbonyl (C=O) groups excluding carboxylic acids is 2. The van der Waals surface area contributed by atoms with Gasteiger partial charge in [0.1, 0.15) is 11.6 Å². The van der Waals surface area contributed by atoms with Crippen LogP contribution in [0.2, 0.25) is 0 Å². The lowest BCUT2D eigenvalue weighted by atomic mass is 10.1. The summed E-state index contributed by atoms with van der Waals surface area (Å²) in [5, 5.41) is 5.48. The van der Waals surface area contributed by atoms with Crippen LogP contribution in [-0.4, -0.2) is 25.5 Å². The summed E-state index contributed by atoms with van der Waals surface area (Å²) < 4.78 is 18.4. The fourth-order valence-electron chi connectivity index (χ4n) is 2.79. The second kappa shape index (κ2) is 9.50. The molecule has 0 atom stereocenters. The molecule has 0 aliphatic heterocycles. The Kier molecular flexibility index (Phi) is 6.58. The summed E-state index contributed by atoms with van der Waals surface area (Å²) in [5.41, 5.74) is 2.27. The summed E-state index contributed by atoms with van der Waals surface area (Å²) in [5.74, 6) is -0.240. The lowest BCUT2D eigenvalue weighted by Gasteiger charge is -2.08. The third-order valence-corrected chi connectivity index (χ3v) is 4.33. The molecule has 6 heteroatoms. The molecule has 2 amide bonds. The van der Waals surface area contributed by atoms with E-state index in [-0.39, 0.29) is 11.8 Å². The summed E-state index contributed by atoms with van der Waals surface area (Å²) in [4.78, 5) is 24.5. The normalized spacial score (nSPS) is 10.3. The Morgan fingerprint density at radius 3 is 2.28 bits per heavy atom. The molecular weight excluding hydrogens is 371 g/mol. The van der Waals surface area contributed by atoms with Gasteiger partial charge in [-0.15, -0.1) is 0 Å². The number of carbonyl (C=O) groups is 2. The van der Waals surface area contributed by atoms with E-state index in [1.165, 1.54) is 18.2 Å². The van der Waals surface area contributed by atoms with Crippen LogP contribution in [0.5, 0.6) is 5.75 Å². The van der Waals surface area contributed by atoms with Crippen molar-refractivity contribution in [3.05, 3.63) is 95.3 Å². The molecule has 3 rings (SSSR count). The molecular formula is C23H21FN2O3. The Morgan fingerprint density at radius 2 is 1.59 bits per heavy atom. The van der Waals surface area contributed by atoms with Crippen molar-refractivity contribution in [3.8, 4) is 5.75 Å². The van der Waals surface area contributed by atoms with E-state index < -0.39 is 5.82 Å². The van der Waals surface area contributed by atoms with Crippen molar-refractivity contribution in [1.29, 1.82) is 0 Å². The van der Waals surface area contributed by atoms with E-state index in [4.69, 9.17) is 4.74 Å². The minimum atomic E-state index is -0.427. The molecule has 0 saturated heterocycles. The van der Waals surface area contributed by atoms with Gasteiger partial charge in [0.25, 0.3) is 11.8 Å². The van der Waals surface area contributed by atoms with E-state index in [0.717, 1.165) is 11.3 Å². The molecule has 0 aliphatic rings. The standard InChI is InChI=1S/C23H21FN2O3/c1-29-21-7-2-4-16(14-21)12-13-25-22(27)17-8-10-18(11-9-17)23(28)26-20-6-3-5-19(24)15-20/h2-11,14-15H,12-13H2,1H3,(H,25,27)(H,26,28). The van der Waals surface area contributed by atoms with Crippen LogP contribution >= 0.6 is 0 Å². The molecule has 3 aromatic rings. The quantitative estimate of drug-likeness (QED) is 0.637. The van der Waals surface area contributed by atoms with E-state index in [2.05, 4.69) is 10.6 Å². The van der Waals surface area contributed by atoms with Crippen LogP contribution < -0.4 is 15.4 Å². The van der Waals surface area contributed by atoms with E-state index >= 15 is 0 Å². The van der Waals surface area contributed by atoms with Crippen molar-refractivity contribution in [2.45, 2.75) is 6.42 Å². The molecule has 0 fully saturated rings. The van der Waals surface area contributed by atoms with Gasteiger partial charge in [-0.25, -0.2) is 4.39 Å². The summed E-state index contributed by atoms with van der Waals surface area (Å²) in [6.07, 6.45) is 0.678. The van der Waals surface area contributed by atoms with E-state index in [0.29, 0.717) is 29.8 Å². The highest BCUT2D eigenvalue weighted by molar-refractivity contribution is 6.05. The van der Waals surface area contributed by atoms with Gasteiger partial charge in [0.05, 0.1) is 7.11 Å². The first-order chi connectivity index (χ1) is 14.0. The predicted octanol–water partition coefficient (Wildman–Crippen LogP) is 4.06. The van der Waals surface area contributed by atoms with Crippen LogP contribution in [0.1, 0.15) is 26.3 Å². The third-order valence-electron chi connectivity index (χ3n) is 4.33. The molecule has 0 saturated carbocycles. The van der Waals surface area contributed by atoms with Crippen LogP contribution in [-0.2, 0) is 6.42 Å². The van der Waals surface area contributed by atoms with Gasteiger partial charge in [0, 0.05) is 23.4 Å². The average Bonchev–Trinajstić information content (AvgIpc) is 2.74. The minimum absolute atomic E-state index is 0.218. The molecule has 0 aromatic heterocycles. The summed E-state index contributed by atoms with van der Waals surface area (Å²) in [6, 6.07) is 19.6. The SMILES string of the molecule is COc1cccc(CCNC(=O)c2ccc(C(=O)Nc3cccc(F)c3)cc2)c1. The maximum Gasteiger partial charge on any atom is 0.255 e. The van der Waals surface area contributed by atoms with Crippen LogP contribution in [0.15, 0.2) is 72.8 Å². The highest BCUT2D eigenvalue weighted by atomic mass is 19.1. The Labute approximate surface area is 168 Å². The topological polar surface area (TPSA) is 67.4 Å². The number of anilines is 1.